The lowest BCUT2D eigenvalue weighted by Gasteiger charge is -2.04. The van der Waals surface area contributed by atoms with Gasteiger partial charge in [-0.3, -0.25) is 4.40 Å². The number of fused-ring (bicyclic) bond motifs is 1. The van der Waals surface area contributed by atoms with E-state index < -0.39 is 0 Å². The Balaban J connectivity index is 1.82. The van der Waals surface area contributed by atoms with Crippen LogP contribution in [0.2, 0.25) is 0 Å². The minimum Gasteiger partial charge on any atom is -0.362 e. The van der Waals surface area contributed by atoms with Crippen LogP contribution in [-0.2, 0) is 6.54 Å². The van der Waals surface area contributed by atoms with E-state index in [4.69, 9.17) is 0 Å². The van der Waals surface area contributed by atoms with E-state index >= 15 is 0 Å². The molecule has 92 valence electrons. The minimum atomic E-state index is 0.752. The summed E-state index contributed by atoms with van der Waals surface area (Å²) in [5.74, 6) is 0.763. The van der Waals surface area contributed by atoms with Gasteiger partial charge in [0, 0.05) is 22.1 Å². The number of aryl methyl sites for hydroxylation is 2. The average Bonchev–Trinajstić information content (AvgIpc) is 2.94. The Labute approximate surface area is 109 Å². The van der Waals surface area contributed by atoms with E-state index in [0.29, 0.717) is 0 Å². The van der Waals surface area contributed by atoms with Crippen LogP contribution in [0, 0.1) is 13.8 Å². The van der Waals surface area contributed by atoms with Crippen molar-refractivity contribution < 1.29 is 0 Å². The molecular weight excluding hydrogens is 246 g/mol. The number of rotatable bonds is 3. The van der Waals surface area contributed by atoms with Crippen molar-refractivity contribution in [2.75, 3.05) is 5.32 Å². The molecule has 0 saturated heterocycles. The molecule has 1 N–H and O–H groups in total. The third-order valence-corrected chi connectivity index (χ3v) is 4.02. The number of nitrogens with zero attached hydrogens (tertiary/aromatic N) is 4. The number of nitrogens with one attached hydrogen (secondary N) is 1. The normalized spacial score (nSPS) is 11.0. The van der Waals surface area contributed by atoms with Crippen LogP contribution in [0.3, 0.4) is 0 Å². The maximum atomic E-state index is 4.29. The average molecular weight is 259 g/mol. The fourth-order valence-corrected chi connectivity index (χ4v) is 2.78. The van der Waals surface area contributed by atoms with Gasteiger partial charge in [0.15, 0.2) is 5.82 Å². The molecule has 3 aromatic heterocycles. The highest BCUT2D eigenvalue weighted by atomic mass is 32.1. The molecule has 0 radical (unpaired) electrons. The molecule has 0 fully saturated rings. The molecule has 5 nitrogen and oxygen atoms in total. The molecule has 0 amide bonds. The van der Waals surface area contributed by atoms with Crippen molar-refractivity contribution in [1.29, 1.82) is 0 Å². The Kier molecular flexibility index (Phi) is 2.71. The van der Waals surface area contributed by atoms with Crippen molar-refractivity contribution in [2.24, 2.45) is 0 Å². The van der Waals surface area contributed by atoms with Gasteiger partial charge in [-0.1, -0.05) is 0 Å². The van der Waals surface area contributed by atoms with Gasteiger partial charge in [0.2, 0.25) is 5.65 Å². The fraction of sp³-hybridized carbons (Fsp3) is 0.250. The first-order valence-corrected chi connectivity index (χ1v) is 6.50. The molecule has 3 heterocycles. The molecule has 0 spiro atoms. The standard InChI is InChI=1S/C12H13N5S/c1-8-5-10(18-9(8)2)6-14-11-12-16-15-7-17(12)4-3-13-11/h3-5,7H,6H2,1-2H3,(H,13,14). The lowest BCUT2D eigenvalue weighted by atomic mass is 10.3. The molecule has 0 aliphatic rings. The maximum Gasteiger partial charge on any atom is 0.203 e. The first kappa shape index (κ1) is 11.2. The molecule has 0 aliphatic heterocycles. The van der Waals surface area contributed by atoms with E-state index in [1.807, 2.05) is 21.9 Å². The van der Waals surface area contributed by atoms with Gasteiger partial charge < -0.3 is 5.32 Å². The Morgan fingerprint density at radius 2 is 2.28 bits per heavy atom. The number of aromatic nitrogens is 4. The monoisotopic (exact) mass is 259 g/mol. The summed E-state index contributed by atoms with van der Waals surface area (Å²) in [6.07, 6.45) is 5.24. The summed E-state index contributed by atoms with van der Waals surface area (Å²) in [4.78, 5) is 6.95. The number of hydrogen-bond acceptors (Lipinski definition) is 5. The Morgan fingerprint density at radius 1 is 1.39 bits per heavy atom. The predicted molar refractivity (Wildman–Crippen MR) is 71.9 cm³/mol. The zero-order valence-electron chi connectivity index (χ0n) is 10.2. The lowest BCUT2D eigenvalue weighted by Crippen LogP contribution is -2.02. The second-order valence-corrected chi connectivity index (χ2v) is 5.48. The summed E-state index contributed by atoms with van der Waals surface area (Å²) in [5, 5.41) is 11.2. The van der Waals surface area contributed by atoms with E-state index in [1.165, 1.54) is 15.3 Å². The zero-order chi connectivity index (χ0) is 12.5. The highest BCUT2D eigenvalue weighted by Gasteiger charge is 2.06. The van der Waals surface area contributed by atoms with Gasteiger partial charge in [0.1, 0.15) is 6.33 Å². The molecule has 18 heavy (non-hydrogen) atoms. The summed E-state index contributed by atoms with van der Waals surface area (Å²) in [5.41, 5.74) is 2.09. The quantitative estimate of drug-likeness (QED) is 0.784. The molecular formula is C12H13N5S. The molecule has 0 atom stereocenters. The molecule has 3 aromatic rings. The van der Waals surface area contributed by atoms with Gasteiger partial charge in [-0.15, -0.1) is 21.5 Å². The number of anilines is 1. The highest BCUT2D eigenvalue weighted by molar-refractivity contribution is 7.12. The van der Waals surface area contributed by atoms with E-state index in [2.05, 4.69) is 40.4 Å². The van der Waals surface area contributed by atoms with Crippen molar-refractivity contribution in [1.82, 2.24) is 19.6 Å². The van der Waals surface area contributed by atoms with Crippen LogP contribution in [-0.4, -0.2) is 19.6 Å². The Morgan fingerprint density at radius 3 is 3.06 bits per heavy atom. The van der Waals surface area contributed by atoms with Gasteiger partial charge in [-0.05, 0) is 25.5 Å². The van der Waals surface area contributed by atoms with Crippen LogP contribution in [0.15, 0.2) is 24.8 Å². The smallest absolute Gasteiger partial charge is 0.203 e. The summed E-state index contributed by atoms with van der Waals surface area (Å²) >= 11 is 1.81. The van der Waals surface area contributed by atoms with Gasteiger partial charge >= 0.3 is 0 Å². The Hall–Kier alpha value is -1.95. The zero-order valence-corrected chi connectivity index (χ0v) is 11.0. The van der Waals surface area contributed by atoms with Crippen molar-refractivity contribution in [3.05, 3.63) is 40.1 Å². The van der Waals surface area contributed by atoms with Gasteiger partial charge in [-0.25, -0.2) is 4.98 Å². The van der Waals surface area contributed by atoms with Crippen molar-refractivity contribution in [3.8, 4) is 0 Å². The second kappa shape index (κ2) is 4.38. The van der Waals surface area contributed by atoms with E-state index in [9.17, 15) is 0 Å². The summed E-state index contributed by atoms with van der Waals surface area (Å²) in [6, 6.07) is 2.21. The van der Waals surface area contributed by atoms with E-state index in [-0.39, 0.29) is 0 Å². The largest absolute Gasteiger partial charge is 0.362 e. The number of hydrogen-bond donors (Lipinski definition) is 1. The van der Waals surface area contributed by atoms with Crippen molar-refractivity contribution >= 4 is 22.8 Å². The van der Waals surface area contributed by atoms with Gasteiger partial charge in [0.25, 0.3) is 0 Å². The SMILES string of the molecule is Cc1cc(CNc2nccn3cnnc23)sc1C. The molecule has 3 rings (SSSR count). The molecule has 0 unspecified atom stereocenters. The van der Waals surface area contributed by atoms with Gasteiger partial charge in [-0.2, -0.15) is 0 Å². The lowest BCUT2D eigenvalue weighted by molar-refractivity contribution is 1.08. The van der Waals surface area contributed by atoms with Crippen LogP contribution in [0.25, 0.3) is 5.65 Å². The third kappa shape index (κ3) is 1.95. The molecule has 0 aliphatic carbocycles. The molecule has 6 heteroatoms. The van der Waals surface area contributed by atoms with Crippen molar-refractivity contribution in [3.63, 3.8) is 0 Å². The van der Waals surface area contributed by atoms with Crippen LogP contribution in [0.4, 0.5) is 5.82 Å². The second-order valence-electron chi connectivity index (χ2n) is 4.14. The molecule has 0 bridgehead atoms. The fourth-order valence-electron chi connectivity index (χ4n) is 1.79. The van der Waals surface area contributed by atoms with E-state index in [0.717, 1.165) is 18.0 Å². The summed E-state index contributed by atoms with van der Waals surface area (Å²) < 4.78 is 1.85. The Bertz CT molecular complexity index is 665. The predicted octanol–water partition coefficient (Wildman–Crippen LogP) is 2.41. The van der Waals surface area contributed by atoms with Crippen molar-refractivity contribution in [2.45, 2.75) is 20.4 Å². The van der Waals surface area contributed by atoms with Crippen LogP contribution in [0.5, 0.6) is 0 Å². The van der Waals surface area contributed by atoms with Crippen LogP contribution < -0.4 is 5.32 Å². The first-order chi connectivity index (χ1) is 8.74. The van der Waals surface area contributed by atoms with Crippen LogP contribution >= 0.6 is 11.3 Å². The number of thiophene rings is 1. The molecule has 0 aromatic carbocycles. The molecule has 0 saturated carbocycles. The highest BCUT2D eigenvalue weighted by Crippen LogP contribution is 2.21. The summed E-state index contributed by atoms with van der Waals surface area (Å²) in [6.45, 7) is 5.03. The van der Waals surface area contributed by atoms with Crippen LogP contribution in [0.1, 0.15) is 15.3 Å². The minimum absolute atomic E-state index is 0.752. The van der Waals surface area contributed by atoms with Gasteiger partial charge in [0.05, 0.1) is 6.54 Å². The van der Waals surface area contributed by atoms with E-state index in [1.54, 1.807) is 12.5 Å². The third-order valence-electron chi connectivity index (χ3n) is 2.86. The topological polar surface area (TPSA) is 55.1 Å². The summed E-state index contributed by atoms with van der Waals surface area (Å²) in [7, 11) is 0. The first-order valence-electron chi connectivity index (χ1n) is 5.68. The maximum absolute atomic E-state index is 4.29.